The molecule has 1 amide bonds. The third-order valence-corrected chi connectivity index (χ3v) is 5.84. The van der Waals surface area contributed by atoms with Crippen LogP contribution in [0.15, 0.2) is 65.1 Å². The van der Waals surface area contributed by atoms with Crippen LogP contribution in [0, 0.1) is 5.92 Å². The number of halogens is 3. The quantitative estimate of drug-likeness (QED) is 0.294. The van der Waals surface area contributed by atoms with E-state index in [1.807, 2.05) is 26.0 Å². The largest absolute Gasteiger partial charge is 0.478 e. The molecule has 2 N–H and O–H groups in total. The Morgan fingerprint density at radius 2 is 1.61 bits per heavy atom. The Kier molecular flexibility index (Phi) is 8.19. The molecule has 0 aliphatic carbocycles. The minimum atomic E-state index is -1.05. The maximum Gasteiger partial charge on any atom is 0.328 e. The van der Waals surface area contributed by atoms with E-state index in [0.29, 0.717) is 42.8 Å². The molecule has 0 unspecified atom stereocenters. The molecule has 170 valence electrons. The molecular weight excluding hydrogens is 529 g/mol. The van der Waals surface area contributed by atoms with E-state index in [1.165, 1.54) is 6.08 Å². The van der Waals surface area contributed by atoms with Gasteiger partial charge in [0.05, 0.1) is 15.7 Å². The second-order valence-corrected chi connectivity index (χ2v) is 9.11. The Morgan fingerprint density at radius 1 is 1.00 bits per heavy atom. The van der Waals surface area contributed by atoms with Gasteiger partial charge in [-0.3, -0.25) is 4.79 Å². The standard InChI is InChI=1S/C25H20BrCl2NO4/c1-14(2)25(32)29-22-9-8-18(13-19(22)26)33-17-6-4-16(5-7-17)24-20(27)11-15(12-21(24)28)3-10-23(30)31/h3-14H,1-2H3,(H,29,32)(H,30,31). The summed E-state index contributed by atoms with van der Waals surface area (Å²) in [7, 11) is 0. The van der Waals surface area contributed by atoms with Crippen molar-refractivity contribution >= 4 is 62.8 Å². The first-order valence-corrected chi connectivity index (χ1v) is 11.5. The van der Waals surface area contributed by atoms with E-state index in [-0.39, 0.29) is 11.8 Å². The number of nitrogens with one attached hydrogen (secondary N) is 1. The summed E-state index contributed by atoms with van der Waals surface area (Å²) in [4.78, 5) is 22.6. The lowest BCUT2D eigenvalue weighted by molar-refractivity contribution is -0.131. The molecule has 0 heterocycles. The van der Waals surface area contributed by atoms with Gasteiger partial charge in [0.15, 0.2) is 0 Å². The lowest BCUT2D eigenvalue weighted by atomic mass is 10.0. The Bertz CT molecular complexity index is 1200. The third-order valence-electron chi connectivity index (χ3n) is 4.58. The van der Waals surface area contributed by atoms with Gasteiger partial charge in [0.2, 0.25) is 5.91 Å². The van der Waals surface area contributed by atoms with Crippen LogP contribution < -0.4 is 10.1 Å². The molecule has 0 aliphatic heterocycles. The fourth-order valence-corrected chi connectivity index (χ4v) is 4.07. The Labute approximate surface area is 210 Å². The van der Waals surface area contributed by atoms with Crippen LogP contribution in [0.1, 0.15) is 19.4 Å². The van der Waals surface area contributed by atoms with E-state index in [2.05, 4.69) is 21.2 Å². The van der Waals surface area contributed by atoms with Crippen LogP contribution in [0.2, 0.25) is 10.0 Å². The first-order chi connectivity index (χ1) is 15.6. The van der Waals surface area contributed by atoms with Crippen molar-refractivity contribution in [2.45, 2.75) is 13.8 Å². The minimum absolute atomic E-state index is 0.0665. The molecule has 8 heteroatoms. The van der Waals surface area contributed by atoms with E-state index < -0.39 is 5.97 Å². The maximum absolute atomic E-state index is 11.9. The second kappa shape index (κ2) is 10.9. The van der Waals surface area contributed by atoms with Gasteiger partial charge in [-0.1, -0.05) is 49.2 Å². The van der Waals surface area contributed by atoms with E-state index in [9.17, 15) is 9.59 Å². The van der Waals surface area contributed by atoms with Crippen LogP contribution in [0.3, 0.4) is 0 Å². The molecular formula is C25H20BrCl2NO4. The van der Waals surface area contributed by atoms with E-state index in [1.54, 1.807) is 42.5 Å². The number of amides is 1. The van der Waals surface area contributed by atoms with Crippen LogP contribution in [-0.2, 0) is 9.59 Å². The summed E-state index contributed by atoms with van der Waals surface area (Å²) in [6.07, 6.45) is 2.45. The number of ether oxygens (including phenoxy) is 1. The number of carbonyl (C=O) groups excluding carboxylic acids is 1. The second-order valence-electron chi connectivity index (χ2n) is 7.44. The first-order valence-electron chi connectivity index (χ1n) is 9.93. The minimum Gasteiger partial charge on any atom is -0.478 e. The highest BCUT2D eigenvalue weighted by atomic mass is 79.9. The third kappa shape index (κ3) is 6.60. The predicted octanol–water partition coefficient (Wildman–Crippen LogP) is 7.91. The lowest BCUT2D eigenvalue weighted by Crippen LogP contribution is -2.17. The van der Waals surface area contributed by atoms with Gasteiger partial charge < -0.3 is 15.2 Å². The van der Waals surface area contributed by atoms with Crippen molar-refractivity contribution in [3.8, 4) is 22.6 Å². The maximum atomic E-state index is 11.9. The molecule has 0 aromatic heterocycles. The summed E-state index contributed by atoms with van der Waals surface area (Å²) in [6, 6.07) is 15.9. The number of anilines is 1. The van der Waals surface area contributed by atoms with Crippen molar-refractivity contribution in [3.05, 3.63) is 80.8 Å². The molecule has 33 heavy (non-hydrogen) atoms. The van der Waals surface area contributed by atoms with Crippen LogP contribution in [0.25, 0.3) is 17.2 Å². The highest BCUT2D eigenvalue weighted by Gasteiger charge is 2.12. The molecule has 0 radical (unpaired) electrons. The lowest BCUT2D eigenvalue weighted by Gasteiger charge is -2.13. The summed E-state index contributed by atoms with van der Waals surface area (Å²) in [5, 5.41) is 12.4. The van der Waals surface area contributed by atoms with Gasteiger partial charge in [-0.25, -0.2) is 4.79 Å². The van der Waals surface area contributed by atoms with Crippen LogP contribution in [0.4, 0.5) is 5.69 Å². The molecule has 0 bridgehead atoms. The molecule has 0 saturated heterocycles. The van der Waals surface area contributed by atoms with Crippen LogP contribution >= 0.6 is 39.1 Å². The molecule has 0 fully saturated rings. The summed E-state index contributed by atoms with van der Waals surface area (Å²) >= 11 is 16.3. The summed E-state index contributed by atoms with van der Waals surface area (Å²) in [5.41, 5.74) is 2.70. The van der Waals surface area contributed by atoms with Gasteiger partial charge >= 0.3 is 5.97 Å². The normalized spacial score (nSPS) is 11.1. The molecule has 3 aromatic rings. The molecule has 5 nitrogen and oxygen atoms in total. The molecule has 0 saturated carbocycles. The number of hydrogen-bond acceptors (Lipinski definition) is 3. The topological polar surface area (TPSA) is 75.6 Å². The molecule has 0 atom stereocenters. The number of rotatable bonds is 7. The Balaban J connectivity index is 1.77. The van der Waals surface area contributed by atoms with Gasteiger partial charge in [-0.15, -0.1) is 0 Å². The Hall–Kier alpha value is -2.80. The number of aliphatic carboxylic acids is 1. The zero-order valence-electron chi connectivity index (χ0n) is 17.7. The van der Waals surface area contributed by atoms with E-state index >= 15 is 0 Å². The fourth-order valence-electron chi connectivity index (χ4n) is 2.90. The van der Waals surface area contributed by atoms with Crippen molar-refractivity contribution in [1.29, 1.82) is 0 Å². The van der Waals surface area contributed by atoms with Gasteiger partial charge in [-0.05, 0) is 75.6 Å². The molecule has 0 spiro atoms. The van der Waals surface area contributed by atoms with E-state index in [0.717, 1.165) is 11.6 Å². The number of benzene rings is 3. The van der Waals surface area contributed by atoms with Crippen molar-refractivity contribution < 1.29 is 19.4 Å². The number of hydrogen-bond donors (Lipinski definition) is 2. The number of carboxylic acid groups (broad SMARTS) is 1. The average Bonchev–Trinajstić information content (AvgIpc) is 2.74. The predicted molar refractivity (Wildman–Crippen MR) is 136 cm³/mol. The first kappa shape index (κ1) is 24.8. The summed E-state index contributed by atoms with van der Waals surface area (Å²) in [6.45, 7) is 3.66. The van der Waals surface area contributed by atoms with Crippen molar-refractivity contribution in [3.63, 3.8) is 0 Å². The van der Waals surface area contributed by atoms with Crippen molar-refractivity contribution in [2.75, 3.05) is 5.32 Å². The monoisotopic (exact) mass is 547 g/mol. The van der Waals surface area contributed by atoms with Gasteiger partial charge in [0.1, 0.15) is 11.5 Å². The SMILES string of the molecule is CC(C)C(=O)Nc1ccc(Oc2ccc(-c3c(Cl)cc(C=CC(=O)O)cc3Cl)cc2)cc1Br. The zero-order valence-corrected chi connectivity index (χ0v) is 20.8. The summed E-state index contributed by atoms with van der Waals surface area (Å²) in [5.74, 6) is -0.0291. The van der Waals surface area contributed by atoms with E-state index in [4.69, 9.17) is 33.0 Å². The van der Waals surface area contributed by atoms with Gasteiger partial charge in [0, 0.05) is 22.0 Å². The van der Waals surface area contributed by atoms with Crippen molar-refractivity contribution in [1.82, 2.24) is 0 Å². The smallest absolute Gasteiger partial charge is 0.328 e. The number of carbonyl (C=O) groups is 2. The highest BCUT2D eigenvalue weighted by Crippen LogP contribution is 2.37. The molecule has 0 aliphatic rings. The number of carboxylic acids is 1. The molecule has 3 rings (SSSR count). The zero-order chi connectivity index (χ0) is 24.1. The summed E-state index contributed by atoms with van der Waals surface area (Å²) < 4.78 is 6.63. The van der Waals surface area contributed by atoms with Gasteiger partial charge in [0.25, 0.3) is 0 Å². The van der Waals surface area contributed by atoms with Crippen molar-refractivity contribution in [2.24, 2.45) is 5.92 Å². The van der Waals surface area contributed by atoms with Gasteiger partial charge in [-0.2, -0.15) is 0 Å². The highest BCUT2D eigenvalue weighted by molar-refractivity contribution is 9.10. The van der Waals surface area contributed by atoms with Crippen LogP contribution in [-0.4, -0.2) is 17.0 Å². The fraction of sp³-hybridized carbons (Fsp3) is 0.120. The average molecular weight is 549 g/mol. The molecule has 3 aromatic carbocycles. The van der Waals surface area contributed by atoms with Crippen LogP contribution in [0.5, 0.6) is 11.5 Å². The Morgan fingerprint density at radius 3 is 2.15 bits per heavy atom.